The second kappa shape index (κ2) is 8.30. The van der Waals surface area contributed by atoms with E-state index in [-0.39, 0.29) is 5.78 Å². The Balaban J connectivity index is 1.96. The first-order valence-electron chi connectivity index (χ1n) is 7.84. The Labute approximate surface area is 141 Å². The first-order chi connectivity index (χ1) is 10.1. The lowest BCUT2D eigenvalue weighted by molar-refractivity contribution is 0.0949. The number of carbonyl (C=O) groups is 1. The summed E-state index contributed by atoms with van der Waals surface area (Å²) < 4.78 is 0.905. The van der Waals surface area contributed by atoms with Crippen LogP contribution in [0.5, 0.6) is 0 Å². The molecule has 2 nitrogen and oxygen atoms in total. The summed E-state index contributed by atoms with van der Waals surface area (Å²) in [5, 5.41) is 0.539. The fourth-order valence-corrected chi connectivity index (χ4v) is 3.87. The minimum absolute atomic E-state index is 0.145. The predicted molar refractivity (Wildman–Crippen MR) is 92.2 cm³/mol. The molecule has 1 fully saturated rings. The van der Waals surface area contributed by atoms with E-state index in [2.05, 4.69) is 27.8 Å². The smallest absolute Gasteiger partial charge is 0.165 e. The SMILES string of the molecule is CCC1CCCCCN1CCC(=O)c1ccc(Br)cc1Cl. The van der Waals surface area contributed by atoms with E-state index in [1.165, 1.54) is 32.1 Å². The molecular weight excluding hydrogens is 350 g/mol. The van der Waals surface area contributed by atoms with E-state index in [1.807, 2.05) is 12.1 Å². The molecule has 4 heteroatoms. The third-order valence-corrected chi connectivity index (χ3v) is 5.13. The highest BCUT2D eigenvalue weighted by molar-refractivity contribution is 9.10. The van der Waals surface area contributed by atoms with Crippen molar-refractivity contribution in [3.63, 3.8) is 0 Å². The van der Waals surface area contributed by atoms with Crippen molar-refractivity contribution in [2.24, 2.45) is 0 Å². The molecule has 2 rings (SSSR count). The molecule has 1 saturated heterocycles. The molecule has 0 spiro atoms. The molecule has 1 aromatic carbocycles. The largest absolute Gasteiger partial charge is 0.300 e. The second-order valence-electron chi connectivity index (χ2n) is 5.74. The Hall–Kier alpha value is -0.380. The standard InChI is InChI=1S/C17H23BrClNO/c1-2-14-6-4-3-5-10-20(14)11-9-17(21)15-8-7-13(18)12-16(15)19/h7-8,12,14H,2-6,9-11H2,1H3. The van der Waals surface area contributed by atoms with Gasteiger partial charge >= 0.3 is 0 Å². The molecule has 1 heterocycles. The molecular formula is C17H23BrClNO. The van der Waals surface area contributed by atoms with Gasteiger partial charge in [0.25, 0.3) is 0 Å². The molecule has 0 saturated carbocycles. The number of carbonyl (C=O) groups excluding carboxylic acids is 1. The number of nitrogens with zero attached hydrogens (tertiary/aromatic N) is 1. The van der Waals surface area contributed by atoms with Gasteiger partial charge in [-0.1, -0.05) is 47.3 Å². The summed E-state index contributed by atoms with van der Waals surface area (Å²) in [6.07, 6.45) is 6.89. The van der Waals surface area contributed by atoms with Crippen molar-refractivity contribution in [2.75, 3.05) is 13.1 Å². The van der Waals surface area contributed by atoms with Crippen LogP contribution in [-0.2, 0) is 0 Å². The minimum atomic E-state index is 0.145. The van der Waals surface area contributed by atoms with Gasteiger partial charge in [0, 0.05) is 29.0 Å². The molecule has 0 bridgehead atoms. The van der Waals surface area contributed by atoms with Crippen molar-refractivity contribution in [1.82, 2.24) is 4.90 Å². The first kappa shape index (κ1) is 17.0. The van der Waals surface area contributed by atoms with E-state index < -0.39 is 0 Å². The number of likely N-dealkylation sites (tertiary alicyclic amines) is 1. The molecule has 0 aromatic heterocycles. The van der Waals surface area contributed by atoms with Crippen molar-refractivity contribution < 1.29 is 4.79 Å². The number of hydrogen-bond donors (Lipinski definition) is 0. The van der Waals surface area contributed by atoms with Crippen LogP contribution in [0.3, 0.4) is 0 Å². The van der Waals surface area contributed by atoms with Crippen LogP contribution in [0.4, 0.5) is 0 Å². The number of Topliss-reactive ketones (excluding diaryl/α,β-unsaturated/α-hetero) is 1. The van der Waals surface area contributed by atoms with Gasteiger partial charge in [0.1, 0.15) is 0 Å². The third-order valence-electron chi connectivity index (χ3n) is 4.33. The van der Waals surface area contributed by atoms with Crippen LogP contribution in [0.15, 0.2) is 22.7 Å². The summed E-state index contributed by atoms with van der Waals surface area (Å²) in [4.78, 5) is 14.9. The maximum absolute atomic E-state index is 12.4. The molecule has 1 atom stereocenters. The molecule has 1 aromatic rings. The van der Waals surface area contributed by atoms with Gasteiger partial charge in [-0.3, -0.25) is 9.69 Å². The topological polar surface area (TPSA) is 20.3 Å². The summed E-state index contributed by atoms with van der Waals surface area (Å²) in [6, 6.07) is 6.12. The van der Waals surface area contributed by atoms with Gasteiger partial charge < -0.3 is 0 Å². The quantitative estimate of drug-likeness (QED) is 0.651. The lowest BCUT2D eigenvalue weighted by Gasteiger charge is -2.28. The summed E-state index contributed by atoms with van der Waals surface area (Å²) in [5.41, 5.74) is 0.641. The highest BCUT2D eigenvalue weighted by Gasteiger charge is 2.20. The molecule has 0 aliphatic carbocycles. The Morgan fingerprint density at radius 1 is 1.38 bits per heavy atom. The fraction of sp³-hybridized carbons (Fsp3) is 0.588. The van der Waals surface area contributed by atoms with Crippen molar-refractivity contribution >= 4 is 33.3 Å². The van der Waals surface area contributed by atoms with E-state index in [4.69, 9.17) is 11.6 Å². The van der Waals surface area contributed by atoms with E-state index in [0.717, 1.165) is 17.6 Å². The second-order valence-corrected chi connectivity index (χ2v) is 7.07. The number of benzene rings is 1. The van der Waals surface area contributed by atoms with Crippen LogP contribution in [0, 0.1) is 0 Å². The Morgan fingerprint density at radius 3 is 2.90 bits per heavy atom. The zero-order valence-electron chi connectivity index (χ0n) is 12.6. The normalized spacial score (nSPS) is 20.2. The van der Waals surface area contributed by atoms with Crippen LogP contribution < -0.4 is 0 Å². The highest BCUT2D eigenvalue weighted by Crippen LogP contribution is 2.24. The molecule has 0 radical (unpaired) electrons. The lowest BCUT2D eigenvalue weighted by atomic mass is 10.1. The monoisotopic (exact) mass is 371 g/mol. The Bertz CT molecular complexity index is 492. The van der Waals surface area contributed by atoms with Crippen molar-refractivity contribution in [3.8, 4) is 0 Å². The van der Waals surface area contributed by atoms with Gasteiger partial charge in [0.2, 0.25) is 0 Å². The zero-order chi connectivity index (χ0) is 15.2. The van der Waals surface area contributed by atoms with Crippen LogP contribution >= 0.6 is 27.5 Å². The molecule has 21 heavy (non-hydrogen) atoms. The number of ketones is 1. The van der Waals surface area contributed by atoms with E-state index >= 15 is 0 Å². The molecule has 0 N–H and O–H groups in total. The average molecular weight is 373 g/mol. The van der Waals surface area contributed by atoms with Crippen molar-refractivity contribution in [2.45, 2.75) is 51.5 Å². The summed E-state index contributed by atoms with van der Waals surface area (Å²) in [7, 11) is 0. The number of hydrogen-bond acceptors (Lipinski definition) is 2. The van der Waals surface area contributed by atoms with Gasteiger partial charge in [-0.05, 0) is 44.0 Å². The van der Waals surface area contributed by atoms with Gasteiger partial charge in [0.05, 0.1) is 5.02 Å². The molecule has 1 unspecified atom stereocenters. The summed E-state index contributed by atoms with van der Waals surface area (Å²) >= 11 is 9.53. The Morgan fingerprint density at radius 2 is 2.19 bits per heavy atom. The third kappa shape index (κ3) is 4.80. The maximum Gasteiger partial charge on any atom is 0.165 e. The summed E-state index contributed by atoms with van der Waals surface area (Å²) in [5.74, 6) is 0.145. The van der Waals surface area contributed by atoms with E-state index in [0.29, 0.717) is 23.0 Å². The van der Waals surface area contributed by atoms with Gasteiger partial charge in [-0.15, -0.1) is 0 Å². The maximum atomic E-state index is 12.4. The fourth-order valence-electron chi connectivity index (χ4n) is 3.09. The lowest BCUT2D eigenvalue weighted by Crippen LogP contribution is -2.36. The minimum Gasteiger partial charge on any atom is -0.300 e. The van der Waals surface area contributed by atoms with Gasteiger partial charge in [-0.25, -0.2) is 0 Å². The van der Waals surface area contributed by atoms with Crippen LogP contribution in [-0.4, -0.2) is 29.8 Å². The van der Waals surface area contributed by atoms with E-state index in [9.17, 15) is 4.79 Å². The highest BCUT2D eigenvalue weighted by atomic mass is 79.9. The van der Waals surface area contributed by atoms with E-state index in [1.54, 1.807) is 6.07 Å². The van der Waals surface area contributed by atoms with Gasteiger partial charge in [0.15, 0.2) is 5.78 Å². The van der Waals surface area contributed by atoms with Crippen molar-refractivity contribution in [3.05, 3.63) is 33.3 Å². The van der Waals surface area contributed by atoms with Crippen molar-refractivity contribution in [1.29, 1.82) is 0 Å². The predicted octanol–water partition coefficient (Wildman–Crippen LogP) is 5.33. The zero-order valence-corrected chi connectivity index (χ0v) is 14.9. The molecule has 116 valence electrons. The van der Waals surface area contributed by atoms with Gasteiger partial charge in [-0.2, -0.15) is 0 Å². The number of halogens is 2. The Kier molecular flexibility index (Phi) is 6.72. The summed E-state index contributed by atoms with van der Waals surface area (Å²) in [6.45, 7) is 4.22. The first-order valence-corrected chi connectivity index (χ1v) is 9.01. The van der Waals surface area contributed by atoms with Crippen LogP contribution in [0.25, 0.3) is 0 Å². The number of rotatable bonds is 5. The molecule has 1 aliphatic heterocycles. The molecule has 0 amide bonds. The van der Waals surface area contributed by atoms with Crippen LogP contribution in [0.2, 0.25) is 5.02 Å². The van der Waals surface area contributed by atoms with Crippen LogP contribution in [0.1, 0.15) is 55.8 Å². The average Bonchev–Trinajstić information content (AvgIpc) is 2.69. The molecule has 1 aliphatic rings.